The second-order valence-corrected chi connectivity index (χ2v) is 5.72. The average molecular weight is 341 g/mol. The fourth-order valence-corrected chi connectivity index (χ4v) is 2.63. The van der Waals surface area contributed by atoms with E-state index < -0.39 is 11.9 Å². The summed E-state index contributed by atoms with van der Waals surface area (Å²) >= 11 is 0. The van der Waals surface area contributed by atoms with Gasteiger partial charge in [0.05, 0.1) is 6.42 Å². The van der Waals surface area contributed by atoms with Crippen LogP contribution in [0.15, 0.2) is 60.9 Å². The van der Waals surface area contributed by atoms with Gasteiger partial charge in [-0.25, -0.2) is 13.8 Å². The summed E-state index contributed by atoms with van der Waals surface area (Å²) < 4.78 is 28.7. The number of aryl methyl sites for hydroxylation is 1. The molecule has 2 aromatic carbocycles. The van der Waals surface area contributed by atoms with E-state index in [4.69, 9.17) is 0 Å². The minimum Gasteiger partial charge on any atom is -0.342 e. The van der Waals surface area contributed by atoms with Crippen molar-refractivity contribution in [2.24, 2.45) is 7.05 Å². The SMILES string of the molecule is Cn1ccnc1[C@H](NC(=O)Cc1ccccc1F)c1ccc(F)cc1. The summed E-state index contributed by atoms with van der Waals surface area (Å²) in [4.78, 5) is 16.7. The van der Waals surface area contributed by atoms with Crippen LogP contribution in [0.1, 0.15) is 23.0 Å². The van der Waals surface area contributed by atoms with E-state index in [9.17, 15) is 13.6 Å². The molecule has 0 spiro atoms. The van der Waals surface area contributed by atoms with Gasteiger partial charge in [-0.3, -0.25) is 4.79 Å². The summed E-state index contributed by atoms with van der Waals surface area (Å²) in [6, 6.07) is 11.4. The van der Waals surface area contributed by atoms with Gasteiger partial charge in [-0.1, -0.05) is 30.3 Å². The van der Waals surface area contributed by atoms with Crippen molar-refractivity contribution in [2.75, 3.05) is 0 Å². The lowest BCUT2D eigenvalue weighted by atomic mass is 10.0. The average Bonchev–Trinajstić information content (AvgIpc) is 3.01. The monoisotopic (exact) mass is 341 g/mol. The molecule has 0 aliphatic rings. The molecule has 0 aliphatic heterocycles. The molecule has 3 aromatic rings. The van der Waals surface area contributed by atoms with Crippen molar-refractivity contribution in [3.8, 4) is 0 Å². The molecule has 1 amide bonds. The molecule has 0 unspecified atom stereocenters. The number of hydrogen-bond acceptors (Lipinski definition) is 2. The summed E-state index contributed by atoms with van der Waals surface area (Å²) in [5, 5.41) is 2.86. The van der Waals surface area contributed by atoms with Crippen molar-refractivity contribution in [3.63, 3.8) is 0 Å². The Hall–Kier alpha value is -3.02. The molecule has 25 heavy (non-hydrogen) atoms. The molecule has 128 valence electrons. The van der Waals surface area contributed by atoms with Gasteiger partial charge in [0.1, 0.15) is 23.5 Å². The molecule has 0 fully saturated rings. The lowest BCUT2D eigenvalue weighted by Gasteiger charge is -2.19. The summed E-state index contributed by atoms with van der Waals surface area (Å²) in [6.07, 6.45) is 3.29. The quantitative estimate of drug-likeness (QED) is 0.775. The van der Waals surface area contributed by atoms with Crippen molar-refractivity contribution >= 4 is 5.91 Å². The third-order valence-corrected chi connectivity index (χ3v) is 3.93. The van der Waals surface area contributed by atoms with Crippen LogP contribution in [-0.4, -0.2) is 15.5 Å². The second kappa shape index (κ2) is 7.25. The molecule has 0 aliphatic carbocycles. The maximum atomic E-state index is 13.8. The summed E-state index contributed by atoms with van der Waals surface area (Å²) in [5.74, 6) is -0.524. The van der Waals surface area contributed by atoms with Gasteiger partial charge < -0.3 is 9.88 Å². The van der Waals surface area contributed by atoms with Crippen LogP contribution in [0.25, 0.3) is 0 Å². The number of nitrogens with zero attached hydrogens (tertiary/aromatic N) is 2. The first-order valence-corrected chi connectivity index (χ1v) is 7.80. The third-order valence-electron chi connectivity index (χ3n) is 3.93. The van der Waals surface area contributed by atoms with Crippen LogP contribution in [0.4, 0.5) is 8.78 Å². The minimum atomic E-state index is -0.556. The normalized spacial score (nSPS) is 12.0. The van der Waals surface area contributed by atoms with Gasteiger partial charge in [0, 0.05) is 19.4 Å². The van der Waals surface area contributed by atoms with E-state index in [0.717, 1.165) is 0 Å². The number of halogens is 2. The zero-order valence-electron chi connectivity index (χ0n) is 13.6. The van der Waals surface area contributed by atoms with E-state index >= 15 is 0 Å². The summed E-state index contributed by atoms with van der Waals surface area (Å²) in [7, 11) is 1.81. The van der Waals surface area contributed by atoms with Crippen LogP contribution in [-0.2, 0) is 18.3 Å². The smallest absolute Gasteiger partial charge is 0.225 e. The van der Waals surface area contributed by atoms with Gasteiger partial charge in [0.2, 0.25) is 5.91 Å². The van der Waals surface area contributed by atoms with Crippen molar-refractivity contribution in [2.45, 2.75) is 12.5 Å². The zero-order valence-corrected chi connectivity index (χ0v) is 13.6. The van der Waals surface area contributed by atoms with Crippen molar-refractivity contribution in [1.82, 2.24) is 14.9 Å². The van der Waals surface area contributed by atoms with Crippen molar-refractivity contribution in [3.05, 3.63) is 89.5 Å². The summed E-state index contributed by atoms with van der Waals surface area (Å²) in [5.41, 5.74) is 1.01. The molecule has 4 nitrogen and oxygen atoms in total. The highest BCUT2D eigenvalue weighted by Gasteiger charge is 2.21. The van der Waals surface area contributed by atoms with Gasteiger partial charge in [-0.15, -0.1) is 0 Å². The van der Waals surface area contributed by atoms with E-state index in [1.54, 1.807) is 47.3 Å². The molecule has 0 saturated heterocycles. The number of hydrogen-bond donors (Lipinski definition) is 1. The van der Waals surface area contributed by atoms with Gasteiger partial charge in [-0.2, -0.15) is 0 Å². The number of aromatic nitrogens is 2. The number of nitrogens with one attached hydrogen (secondary N) is 1. The maximum absolute atomic E-state index is 13.8. The summed E-state index contributed by atoms with van der Waals surface area (Å²) in [6.45, 7) is 0. The largest absolute Gasteiger partial charge is 0.342 e. The van der Waals surface area contributed by atoms with Crippen LogP contribution in [0, 0.1) is 11.6 Å². The van der Waals surface area contributed by atoms with Gasteiger partial charge in [0.15, 0.2) is 0 Å². The van der Waals surface area contributed by atoms with Crippen LogP contribution in [0.2, 0.25) is 0 Å². The van der Waals surface area contributed by atoms with Gasteiger partial charge in [-0.05, 0) is 29.3 Å². The Morgan fingerprint density at radius 2 is 1.88 bits per heavy atom. The molecule has 0 saturated carbocycles. The van der Waals surface area contributed by atoms with Crippen LogP contribution in [0.3, 0.4) is 0 Å². The first-order valence-electron chi connectivity index (χ1n) is 7.80. The van der Waals surface area contributed by atoms with E-state index in [2.05, 4.69) is 10.3 Å². The molecule has 3 rings (SSSR count). The standard InChI is InChI=1S/C19H17F2N3O/c1-24-11-10-22-19(24)18(13-6-8-15(20)9-7-13)23-17(25)12-14-4-2-3-5-16(14)21/h2-11,18H,12H2,1H3,(H,23,25)/t18-/m1/s1. The molecule has 0 radical (unpaired) electrons. The first-order chi connectivity index (χ1) is 12.0. The second-order valence-electron chi connectivity index (χ2n) is 5.72. The highest BCUT2D eigenvalue weighted by molar-refractivity contribution is 5.79. The Morgan fingerprint density at radius 3 is 2.52 bits per heavy atom. The van der Waals surface area contributed by atoms with E-state index in [-0.39, 0.29) is 18.1 Å². The molecule has 1 heterocycles. The van der Waals surface area contributed by atoms with Crippen molar-refractivity contribution < 1.29 is 13.6 Å². The number of rotatable bonds is 5. The lowest BCUT2D eigenvalue weighted by Crippen LogP contribution is -2.32. The van der Waals surface area contributed by atoms with E-state index in [0.29, 0.717) is 17.0 Å². The number of carbonyl (C=O) groups is 1. The molecule has 1 atom stereocenters. The number of amides is 1. The van der Waals surface area contributed by atoms with Crippen LogP contribution in [0.5, 0.6) is 0 Å². The fraction of sp³-hybridized carbons (Fsp3) is 0.158. The molecule has 1 N–H and O–H groups in total. The molecular weight excluding hydrogens is 324 g/mol. The molecular formula is C19H17F2N3O. The first kappa shape index (κ1) is 16.8. The molecule has 6 heteroatoms. The van der Waals surface area contributed by atoms with Crippen LogP contribution >= 0.6 is 0 Å². The number of imidazole rings is 1. The molecule has 0 bridgehead atoms. The third kappa shape index (κ3) is 3.91. The Labute approximate surface area is 144 Å². The lowest BCUT2D eigenvalue weighted by molar-refractivity contribution is -0.121. The van der Waals surface area contributed by atoms with Gasteiger partial charge >= 0.3 is 0 Å². The van der Waals surface area contributed by atoms with E-state index in [1.165, 1.54) is 18.2 Å². The van der Waals surface area contributed by atoms with Crippen molar-refractivity contribution in [1.29, 1.82) is 0 Å². The number of benzene rings is 2. The predicted molar refractivity (Wildman–Crippen MR) is 89.7 cm³/mol. The Morgan fingerprint density at radius 1 is 1.16 bits per heavy atom. The molecule has 1 aromatic heterocycles. The maximum Gasteiger partial charge on any atom is 0.225 e. The Balaban J connectivity index is 1.85. The topological polar surface area (TPSA) is 46.9 Å². The highest BCUT2D eigenvalue weighted by atomic mass is 19.1. The van der Waals surface area contributed by atoms with Gasteiger partial charge in [0.25, 0.3) is 0 Å². The number of carbonyl (C=O) groups excluding carboxylic acids is 1. The fourth-order valence-electron chi connectivity index (χ4n) is 2.63. The van der Waals surface area contributed by atoms with Crippen LogP contribution < -0.4 is 5.32 Å². The van der Waals surface area contributed by atoms with E-state index in [1.807, 2.05) is 7.05 Å². The Bertz CT molecular complexity index is 874. The Kier molecular flexibility index (Phi) is 4.88. The highest BCUT2D eigenvalue weighted by Crippen LogP contribution is 2.21. The minimum absolute atomic E-state index is 0.0885. The predicted octanol–water partition coefficient (Wildman–Crippen LogP) is 3.15. The zero-order chi connectivity index (χ0) is 17.8.